The van der Waals surface area contributed by atoms with Crippen LogP contribution in [0.5, 0.6) is 11.5 Å². The average Bonchev–Trinajstić information content (AvgIpc) is 3.05. The third-order valence-corrected chi connectivity index (χ3v) is 3.94. The largest absolute Gasteiger partial charge is 0.497 e. The molecule has 1 heterocycles. The van der Waals surface area contributed by atoms with Crippen molar-refractivity contribution in [2.75, 3.05) is 20.8 Å². The number of H-pyrrole nitrogens is 1. The minimum Gasteiger partial charge on any atom is -0.497 e. The molecule has 0 aliphatic carbocycles. The van der Waals surface area contributed by atoms with E-state index in [0.29, 0.717) is 18.7 Å². The van der Waals surface area contributed by atoms with Crippen LogP contribution in [0.4, 0.5) is 0 Å². The van der Waals surface area contributed by atoms with E-state index in [2.05, 4.69) is 10.3 Å². The zero-order chi connectivity index (χ0) is 16.9. The van der Waals surface area contributed by atoms with E-state index in [9.17, 15) is 4.79 Å². The molecule has 0 saturated carbocycles. The molecule has 2 aromatic carbocycles. The van der Waals surface area contributed by atoms with Gasteiger partial charge in [-0.25, -0.2) is 0 Å². The molecule has 0 fully saturated rings. The normalized spacial score (nSPS) is 10.6. The second kappa shape index (κ2) is 7.08. The minimum atomic E-state index is -0.125. The average molecular weight is 324 g/mol. The zero-order valence-electron chi connectivity index (χ0n) is 13.8. The fourth-order valence-electron chi connectivity index (χ4n) is 2.68. The van der Waals surface area contributed by atoms with Gasteiger partial charge in [-0.1, -0.05) is 18.2 Å². The maximum absolute atomic E-state index is 12.3. The molecule has 24 heavy (non-hydrogen) atoms. The van der Waals surface area contributed by atoms with Gasteiger partial charge in [-0.05, 0) is 42.3 Å². The Labute approximate surface area is 140 Å². The van der Waals surface area contributed by atoms with Gasteiger partial charge in [0.05, 0.1) is 14.2 Å². The highest BCUT2D eigenvalue weighted by molar-refractivity contribution is 5.98. The lowest BCUT2D eigenvalue weighted by atomic mass is 10.1. The van der Waals surface area contributed by atoms with Crippen molar-refractivity contribution in [3.05, 3.63) is 59.8 Å². The fourth-order valence-corrected chi connectivity index (χ4v) is 2.68. The van der Waals surface area contributed by atoms with Crippen molar-refractivity contribution in [3.8, 4) is 11.5 Å². The lowest BCUT2D eigenvalue weighted by Crippen LogP contribution is -2.26. The van der Waals surface area contributed by atoms with Crippen LogP contribution >= 0.6 is 0 Å². The number of carbonyl (C=O) groups is 1. The van der Waals surface area contributed by atoms with E-state index in [0.717, 1.165) is 28.0 Å². The molecule has 1 aromatic heterocycles. The van der Waals surface area contributed by atoms with Gasteiger partial charge in [0, 0.05) is 17.4 Å². The van der Waals surface area contributed by atoms with Gasteiger partial charge in [-0.15, -0.1) is 0 Å². The Kier molecular flexibility index (Phi) is 4.70. The number of ether oxygens (including phenoxy) is 2. The standard InChI is InChI=1S/C19H20N2O3/c1-23-15-7-8-16-14(11-15)12-17(21-16)19(22)20-10-9-13-5-3-4-6-18(13)24-2/h3-8,11-12,21H,9-10H2,1-2H3,(H,20,22). The number of rotatable bonds is 6. The van der Waals surface area contributed by atoms with Crippen LogP contribution in [0, 0.1) is 0 Å². The Morgan fingerprint density at radius 3 is 2.71 bits per heavy atom. The first-order valence-corrected chi connectivity index (χ1v) is 7.78. The summed E-state index contributed by atoms with van der Waals surface area (Å²) in [5.41, 5.74) is 2.52. The van der Waals surface area contributed by atoms with Crippen LogP contribution in [0.3, 0.4) is 0 Å². The van der Waals surface area contributed by atoms with Crippen LogP contribution in [0.15, 0.2) is 48.5 Å². The highest BCUT2D eigenvalue weighted by atomic mass is 16.5. The first-order chi connectivity index (χ1) is 11.7. The summed E-state index contributed by atoms with van der Waals surface area (Å²) in [5.74, 6) is 1.48. The Bertz CT molecular complexity index is 855. The molecular formula is C19H20N2O3. The summed E-state index contributed by atoms with van der Waals surface area (Å²) in [6.07, 6.45) is 0.712. The Hall–Kier alpha value is -2.95. The number of fused-ring (bicyclic) bond motifs is 1. The third kappa shape index (κ3) is 3.35. The summed E-state index contributed by atoms with van der Waals surface area (Å²) < 4.78 is 10.5. The number of aromatic nitrogens is 1. The number of carbonyl (C=O) groups excluding carboxylic acids is 1. The van der Waals surface area contributed by atoms with E-state index in [1.165, 1.54) is 0 Å². The van der Waals surface area contributed by atoms with E-state index in [1.54, 1.807) is 14.2 Å². The van der Waals surface area contributed by atoms with Gasteiger partial charge in [-0.2, -0.15) is 0 Å². The summed E-state index contributed by atoms with van der Waals surface area (Å²) >= 11 is 0. The van der Waals surface area contributed by atoms with Crippen LogP contribution in [-0.4, -0.2) is 31.7 Å². The van der Waals surface area contributed by atoms with Gasteiger partial charge in [0.2, 0.25) is 0 Å². The van der Waals surface area contributed by atoms with Crippen molar-refractivity contribution in [1.29, 1.82) is 0 Å². The summed E-state index contributed by atoms with van der Waals surface area (Å²) in [4.78, 5) is 15.4. The molecule has 124 valence electrons. The van der Waals surface area contributed by atoms with Crippen molar-refractivity contribution in [2.24, 2.45) is 0 Å². The monoisotopic (exact) mass is 324 g/mol. The lowest BCUT2D eigenvalue weighted by Gasteiger charge is -2.08. The molecule has 1 amide bonds. The maximum atomic E-state index is 12.3. The smallest absolute Gasteiger partial charge is 0.267 e. The zero-order valence-corrected chi connectivity index (χ0v) is 13.8. The quantitative estimate of drug-likeness (QED) is 0.732. The topological polar surface area (TPSA) is 63.4 Å². The molecule has 3 aromatic rings. The molecule has 5 heteroatoms. The Balaban J connectivity index is 1.64. The number of aromatic amines is 1. The van der Waals surface area contributed by atoms with Crippen LogP contribution < -0.4 is 14.8 Å². The Morgan fingerprint density at radius 1 is 1.08 bits per heavy atom. The number of benzene rings is 2. The van der Waals surface area contributed by atoms with E-state index >= 15 is 0 Å². The minimum absolute atomic E-state index is 0.125. The molecule has 2 N–H and O–H groups in total. The molecule has 3 rings (SSSR count). The Morgan fingerprint density at radius 2 is 1.92 bits per heavy atom. The molecule has 0 spiro atoms. The molecule has 0 radical (unpaired) electrons. The number of para-hydroxylation sites is 1. The maximum Gasteiger partial charge on any atom is 0.267 e. The van der Waals surface area contributed by atoms with Gasteiger partial charge >= 0.3 is 0 Å². The van der Waals surface area contributed by atoms with Gasteiger partial charge in [0.25, 0.3) is 5.91 Å². The van der Waals surface area contributed by atoms with Gasteiger partial charge in [0.15, 0.2) is 0 Å². The molecule has 0 unspecified atom stereocenters. The van der Waals surface area contributed by atoms with Gasteiger partial charge in [-0.3, -0.25) is 4.79 Å². The molecule has 0 aliphatic rings. The lowest BCUT2D eigenvalue weighted by molar-refractivity contribution is 0.0950. The highest BCUT2D eigenvalue weighted by Gasteiger charge is 2.10. The number of nitrogens with one attached hydrogen (secondary N) is 2. The van der Waals surface area contributed by atoms with Crippen molar-refractivity contribution in [1.82, 2.24) is 10.3 Å². The van der Waals surface area contributed by atoms with Crippen LogP contribution in [-0.2, 0) is 6.42 Å². The molecule has 0 atom stereocenters. The van der Waals surface area contributed by atoms with E-state index in [1.807, 2.05) is 48.5 Å². The van der Waals surface area contributed by atoms with Crippen LogP contribution in [0.1, 0.15) is 16.1 Å². The van der Waals surface area contributed by atoms with Crippen molar-refractivity contribution >= 4 is 16.8 Å². The van der Waals surface area contributed by atoms with Crippen molar-refractivity contribution in [3.63, 3.8) is 0 Å². The SMILES string of the molecule is COc1ccc2[nH]c(C(=O)NCCc3ccccc3OC)cc2c1. The summed E-state index contributed by atoms with van der Waals surface area (Å²) in [5, 5.41) is 3.88. The predicted octanol–water partition coefficient (Wildman–Crippen LogP) is 3.16. The number of hydrogen-bond acceptors (Lipinski definition) is 3. The molecule has 0 bridgehead atoms. The molecule has 0 aliphatic heterocycles. The van der Waals surface area contributed by atoms with Crippen molar-refractivity contribution in [2.45, 2.75) is 6.42 Å². The van der Waals surface area contributed by atoms with Crippen LogP contribution in [0.25, 0.3) is 10.9 Å². The van der Waals surface area contributed by atoms with E-state index < -0.39 is 0 Å². The van der Waals surface area contributed by atoms with Crippen molar-refractivity contribution < 1.29 is 14.3 Å². The summed E-state index contributed by atoms with van der Waals surface area (Å²) in [6.45, 7) is 0.540. The first kappa shape index (κ1) is 15.9. The molecule has 0 saturated heterocycles. The number of hydrogen-bond donors (Lipinski definition) is 2. The molecule has 5 nitrogen and oxygen atoms in total. The number of methoxy groups -OCH3 is 2. The predicted molar refractivity (Wildman–Crippen MR) is 93.9 cm³/mol. The van der Waals surface area contributed by atoms with E-state index in [4.69, 9.17) is 9.47 Å². The van der Waals surface area contributed by atoms with E-state index in [-0.39, 0.29) is 5.91 Å². The fraction of sp³-hybridized carbons (Fsp3) is 0.211. The third-order valence-electron chi connectivity index (χ3n) is 3.94. The summed E-state index contributed by atoms with van der Waals surface area (Å²) in [6, 6.07) is 15.3. The highest BCUT2D eigenvalue weighted by Crippen LogP contribution is 2.21. The van der Waals surface area contributed by atoms with Crippen LogP contribution in [0.2, 0.25) is 0 Å². The van der Waals surface area contributed by atoms with Gasteiger partial charge < -0.3 is 19.8 Å². The number of amides is 1. The second-order valence-corrected chi connectivity index (χ2v) is 5.45. The molecular weight excluding hydrogens is 304 g/mol. The second-order valence-electron chi connectivity index (χ2n) is 5.45. The van der Waals surface area contributed by atoms with Gasteiger partial charge in [0.1, 0.15) is 17.2 Å². The summed E-state index contributed by atoms with van der Waals surface area (Å²) in [7, 11) is 3.27. The first-order valence-electron chi connectivity index (χ1n) is 7.78.